The van der Waals surface area contributed by atoms with Crippen molar-refractivity contribution in [3.8, 4) is 5.75 Å². The van der Waals surface area contributed by atoms with Crippen molar-refractivity contribution in [2.75, 3.05) is 7.11 Å². The lowest BCUT2D eigenvalue weighted by atomic mass is 10.0. The van der Waals surface area contributed by atoms with Crippen LogP contribution in [0.1, 0.15) is 21.5 Å². The van der Waals surface area contributed by atoms with E-state index in [4.69, 9.17) is 16.3 Å². The minimum atomic E-state index is -0.317. The van der Waals surface area contributed by atoms with Crippen LogP contribution < -0.4 is 4.74 Å². The highest BCUT2D eigenvalue weighted by Gasteiger charge is 2.16. The van der Waals surface area contributed by atoms with Gasteiger partial charge >= 0.3 is 0 Å². The minimum Gasteiger partial charge on any atom is -0.496 e. The SMILES string of the molecule is COc1ccc(C(Br)c2ccc(Cl)cc2F)cc1C. The molecule has 1 unspecified atom stereocenters. The van der Waals surface area contributed by atoms with Gasteiger partial charge in [0.15, 0.2) is 0 Å². The lowest BCUT2D eigenvalue weighted by Gasteiger charge is -2.14. The molecule has 1 nitrogen and oxygen atoms in total. The molecule has 2 aromatic rings. The Morgan fingerprint density at radius 1 is 1.21 bits per heavy atom. The van der Waals surface area contributed by atoms with Crippen LogP contribution in [0, 0.1) is 12.7 Å². The first-order chi connectivity index (χ1) is 9.02. The maximum Gasteiger partial charge on any atom is 0.129 e. The second kappa shape index (κ2) is 5.93. The Morgan fingerprint density at radius 2 is 1.95 bits per heavy atom. The number of hydrogen-bond donors (Lipinski definition) is 0. The van der Waals surface area contributed by atoms with Crippen LogP contribution >= 0.6 is 27.5 Å². The minimum absolute atomic E-state index is 0.214. The molecule has 0 spiro atoms. The number of hydrogen-bond acceptors (Lipinski definition) is 1. The molecule has 19 heavy (non-hydrogen) atoms. The molecule has 0 aliphatic carbocycles. The molecule has 0 radical (unpaired) electrons. The van der Waals surface area contributed by atoms with Crippen molar-refractivity contribution >= 4 is 27.5 Å². The number of rotatable bonds is 3. The Bertz CT molecular complexity index is 601. The smallest absolute Gasteiger partial charge is 0.129 e. The zero-order valence-electron chi connectivity index (χ0n) is 10.6. The molecule has 0 aromatic heterocycles. The summed E-state index contributed by atoms with van der Waals surface area (Å²) in [7, 11) is 1.63. The van der Waals surface area contributed by atoms with Crippen LogP contribution in [-0.2, 0) is 0 Å². The Labute approximate surface area is 125 Å². The Balaban J connectivity index is 2.38. The fraction of sp³-hybridized carbons (Fsp3) is 0.200. The molecule has 0 amide bonds. The maximum atomic E-state index is 13.9. The number of benzene rings is 2. The topological polar surface area (TPSA) is 9.23 Å². The second-order valence-corrected chi connectivity index (χ2v) is 5.61. The van der Waals surface area contributed by atoms with Crippen LogP contribution in [-0.4, -0.2) is 7.11 Å². The summed E-state index contributed by atoms with van der Waals surface area (Å²) in [5, 5.41) is 0.395. The fourth-order valence-corrected chi connectivity index (χ4v) is 2.76. The van der Waals surface area contributed by atoms with Gasteiger partial charge in [-0.3, -0.25) is 0 Å². The summed E-state index contributed by atoms with van der Waals surface area (Å²) in [6, 6.07) is 10.5. The molecule has 0 N–H and O–H groups in total. The van der Waals surface area contributed by atoms with E-state index in [0.29, 0.717) is 10.6 Å². The Kier molecular flexibility index (Phi) is 4.48. The third-order valence-corrected chi connectivity index (χ3v) is 4.20. The molecule has 0 heterocycles. The first-order valence-electron chi connectivity index (χ1n) is 5.76. The van der Waals surface area contributed by atoms with Gasteiger partial charge in [0, 0.05) is 10.6 Å². The van der Waals surface area contributed by atoms with Crippen molar-refractivity contribution < 1.29 is 9.13 Å². The van der Waals surface area contributed by atoms with Crippen LogP contribution in [0.25, 0.3) is 0 Å². The van der Waals surface area contributed by atoms with E-state index in [1.165, 1.54) is 6.07 Å². The number of aryl methyl sites for hydroxylation is 1. The van der Waals surface area contributed by atoms with Gasteiger partial charge in [0.2, 0.25) is 0 Å². The summed E-state index contributed by atoms with van der Waals surface area (Å²) in [6.07, 6.45) is 0. The van der Waals surface area contributed by atoms with Crippen LogP contribution in [0.2, 0.25) is 5.02 Å². The normalized spacial score (nSPS) is 12.3. The predicted molar refractivity (Wildman–Crippen MR) is 79.9 cm³/mol. The van der Waals surface area contributed by atoms with E-state index in [-0.39, 0.29) is 10.6 Å². The number of halogens is 3. The molecule has 0 bridgehead atoms. The summed E-state index contributed by atoms with van der Waals surface area (Å²) in [6.45, 7) is 1.96. The summed E-state index contributed by atoms with van der Waals surface area (Å²) < 4.78 is 19.1. The standard InChI is InChI=1S/C15H13BrClFO/c1-9-7-10(3-6-14(9)19-2)15(16)12-5-4-11(17)8-13(12)18/h3-8,15H,1-2H3. The monoisotopic (exact) mass is 342 g/mol. The number of ether oxygens (including phenoxy) is 1. The lowest BCUT2D eigenvalue weighted by Crippen LogP contribution is -1.98. The average Bonchev–Trinajstić information content (AvgIpc) is 2.38. The van der Waals surface area contributed by atoms with Crippen LogP contribution in [0.15, 0.2) is 36.4 Å². The summed E-state index contributed by atoms with van der Waals surface area (Å²) >= 11 is 9.29. The van der Waals surface area contributed by atoms with Gasteiger partial charge < -0.3 is 4.74 Å². The van der Waals surface area contributed by atoms with Gasteiger partial charge in [-0.1, -0.05) is 45.7 Å². The molecule has 100 valence electrons. The van der Waals surface area contributed by atoms with E-state index in [2.05, 4.69) is 15.9 Å². The van der Waals surface area contributed by atoms with Crippen molar-refractivity contribution in [1.82, 2.24) is 0 Å². The lowest BCUT2D eigenvalue weighted by molar-refractivity contribution is 0.411. The molecule has 2 rings (SSSR count). The van der Waals surface area contributed by atoms with Gasteiger partial charge in [-0.25, -0.2) is 4.39 Å². The first kappa shape index (κ1) is 14.4. The van der Waals surface area contributed by atoms with E-state index in [9.17, 15) is 4.39 Å². The molecule has 0 saturated heterocycles. The van der Waals surface area contributed by atoms with E-state index >= 15 is 0 Å². The highest BCUT2D eigenvalue weighted by atomic mass is 79.9. The quantitative estimate of drug-likeness (QED) is 0.689. The summed E-state index contributed by atoms with van der Waals surface area (Å²) in [5.41, 5.74) is 2.55. The first-order valence-corrected chi connectivity index (χ1v) is 7.06. The van der Waals surface area contributed by atoms with Crippen LogP contribution in [0.3, 0.4) is 0 Å². The van der Waals surface area contributed by atoms with Crippen molar-refractivity contribution in [3.05, 3.63) is 63.9 Å². The fourth-order valence-electron chi connectivity index (χ4n) is 1.95. The molecular formula is C15H13BrClFO. The van der Waals surface area contributed by atoms with Crippen molar-refractivity contribution in [1.29, 1.82) is 0 Å². The van der Waals surface area contributed by atoms with Gasteiger partial charge in [-0.05, 0) is 36.2 Å². The molecule has 0 fully saturated rings. The molecule has 2 aromatic carbocycles. The zero-order valence-corrected chi connectivity index (χ0v) is 12.9. The number of alkyl halides is 1. The molecule has 1 atom stereocenters. The summed E-state index contributed by atoms with van der Waals surface area (Å²) in [5.74, 6) is 0.503. The van der Waals surface area contributed by atoms with E-state index < -0.39 is 0 Å². The highest BCUT2D eigenvalue weighted by Crippen LogP contribution is 2.35. The Morgan fingerprint density at radius 3 is 2.53 bits per heavy atom. The van der Waals surface area contributed by atoms with E-state index in [1.807, 2.05) is 25.1 Å². The van der Waals surface area contributed by atoms with Gasteiger partial charge in [0.1, 0.15) is 11.6 Å². The second-order valence-electron chi connectivity index (χ2n) is 4.26. The van der Waals surface area contributed by atoms with E-state index in [1.54, 1.807) is 19.2 Å². The van der Waals surface area contributed by atoms with Gasteiger partial charge in [-0.2, -0.15) is 0 Å². The largest absolute Gasteiger partial charge is 0.496 e. The predicted octanol–water partition coefficient (Wildman–Crippen LogP) is 5.28. The third kappa shape index (κ3) is 3.10. The van der Waals surface area contributed by atoms with Crippen molar-refractivity contribution in [2.24, 2.45) is 0 Å². The summed E-state index contributed by atoms with van der Waals surface area (Å²) in [4.78, 5) is -0.214. The maximum absolute atomic E-state index is 13.9. The van der Waals surface area contributed by atoms with Crippen LogP contribution in [0.5, 0.6) is 5.75 Å². The molecule has 0 saturated carbocycles. The molecule has 0 aliphatic heterocycles. The van der Waals surface area contributed by atoms with Gasteiger partial charge in [0.25, 0.3) is 0 Å². The van der Waals surface area contributed by atoms with Crippen molar-refractivity contribution in [2.45, 2.75) is 11.8 Å². The van der Waals surface area contributed by atoms with Gasteiger partial charge in [-0.15, -0.1) is 0 Å². The highest BCUT2D eigenvalue weighted by molar-refractivity contribution is 9.09. The van der Waals surface area contributed by atoms with E-state index in [0.717, 1.165) is 16.9 Å². The third-order valence-electron chi connectivity index (χ3n) is 2.95. The average molecular weight is 344 g/mol. The van der Waals surface area contributed by atoms with Crippen LogP contribution in [0.4, 0.5) is 4.39 Å². The van der Waals surface area contributed by atoms with Crippen molar-refractivity contribution in [3.63, 3.8) is 0 Å². The molecular weight excluding hydrogens is 331 g/mol. The molecule has 4 heteroatoms. The zero-order chi connectivity index (χ0) is 14.0. The molecule has 0 aliphatic rings. The van der Waals surface area contributed by atoms with Gasteiger partial charge in [0.05, 0.1) is 11.9 Å². The number of methoxy groups -OCH3 is 1. The Hall–Kier alpha value is -1.06.